The molecular formula is C25H22N2O4S2. The van der Waals surface area contributed by atoms with Crippen molar-refractivity contribution in [2.45, 2.75) is 22.9 Å². The summed E-state index contributed by atoms with van der Waals surface area (Å²) in [6, 6.07) is 22.8. The van der Waals surface area contributed by atoms with E-state index in [1.54, 1.807) is 5.01 Å². The SMILES string of the molecule is O=C1C(=C2Sc3c(O)ccc(O)c3S2)COCN(Cc2ccccc2)N1Cc1ccccc1. The zero-order valence-electron chi connectivity index (χ0n) is 17.7. The first-order chi connectivity index (χ1) is 16.1. The molecule has 0 saturated carbocycles. The van der Waals surface area contributed by atoms with Gasteiger partial charge in [0, 0.05) is 6.54 Å². The van der Waals surface area contributed by atoms with Crippen molar-refractivity contribution in [3.63, 3.8) is 0 Å². The fourth-order valence-electron chi connectivity index (χ4n) is 3.74. The van der Waals surface area contributed by atoms with Gasteiger partial charge in [-0.05, 0) is 23.3 Å². The summed E-state index contributed by atoms with van der Waals surface area (Å²) in [6.45, 7) is 1.36. The Labute approximate surface area is 200 Å². The molecule has 168 valence electrons. The second kappa shape index (κ2) is 9.52. The highest BCUT2D eigenvalue weighted by atomic mass is 32.2. The molecule has 6 nitrogen and oxygen atoms in total. The number of benzene rings is 3. The van der Waals surface area contributed by atoms with Crippen molar-refractivity contribution in [1.82, 2.24) is 10.0 Å². The van der Waals surface area contributed by atoms with Crippen LogP contribution in [0.4, 0.5) is 0 Å². The van der Waals surface area contributed by atoms with Gasteiger partial charge in [-0.3, -0.25) is 9.80 Å². The minimum absolute atomic E-state index is 0.0877. The van der Waals surface area contributed by atoms with Gasteiger partial charge in [0.05, 0.1) is 32.8 Å². The zero-order chi connectivity index (χ0) is 22.8. The molecule has 2 aliphatic rings. The molecule has 2 heterocycles. The van der Waals surface area contributed by atoms with Crippen molar-refractivity contribution in [3.05, 3.63) is 93.7 Å². The van der Waals surface area contributed by atoms with Crippen LogP contribution in [0.15, 0.2) is 92.4 Å². The number of hydrogen-bond donors (Lipinski definition) is 2. The Kier molecular flexibility index (Phi) is 6.32. The summed E-state index contributed by atoms with van der Waals surface area (Å²) >= 11 is 2.59. The first kappa shape index (κ1) is 21.9. The van der Waals surface area contributed by atoms with E-state index in [9.17, 15) is 15.0 Å². The molecule has 0 unspecified atom stereocenters. The third kappa shape index (κ3) is 4.60. The van der Waals surface area contributed by atoms with E-state index in [4.69, 9.17) is 4.74 Å². The van der Waals surface area contributed by atoms with E-state index in [2.05, 4.69) is 0 Å². The van der Waals surface area contributed by atoms with Crippen molar-refractivity contribution < 1.29 is 19.7 Å². The second-order valence-electron chi connectivity index (χ2n) is 7.71. The van der Waals surface area contributed by atoms with Crippen LogP contribution in [-0.2, 0) is 22.6 Å². The van der Waals surface area contributed by atoms with Gasteiger partial charge in [-0.2, -0.15) is 5.01 Å². The summed E-state index contributed by atoms with van der Waals surface area (Å²) in [4.78, 5) is 15.0. The Bertz CT molecular complexity index is 1170. The summed E-state index contributed by atoms with van der Waals surface area (Å²) in [6.07, 6.45) is 0. The Morgan fingerprint density at radius 1 is 0.788 bits per heavy atom. The number of amides is 1. The number of phenols is 2. The zero-order valence-corrected chi connectivity index (χ0v) is 19.3. The summed E-state index contributed by atoms with van der Waals surface area (Å²) in [7, 11) is 0. The van der Waals surface area contributed by atoms with Crippen LogP contribution >= 0.6 is 23.5 Å². The van der Waals surface area contributed by atoms with Gasteiger partial charge >= 0.3 is 0 Å². The quantitative estimate of drug-likeness (QED) is 0.406. The third-order valence-electron chi connectivity index (χ3n) is 5.41. The highest BCUT2D eigenvalue weighted by Crippen LogP contribution is 2.58. The summed E-state index contributed by atoms with van der Waals surface area (Å²) < 4.78 is 6.67. The number of aromatic hydroxyl groups is 2. The smallest absolute Gasteiger partial charge is 0.268 e. The van der Waals surface area contributed by atoms with E-state index in [0.29, 0.717) is 32.7 Å². The molecule has 0 atom stereocenters. The van der Waals surface area contributed by atoms with Crippen LogP contribution in [0.1, 0.15) is 11.1 Å². The van der Waals surface area contributed by atoms with Gasteiger partial charge in [0.15, 0.2) is 0 Å². The largest absolute Gasteiger partial charge is 0.507 e. The van der Waals surface area contributed by atoms with Gasteiger partial charge in [-0.15, -0.1) is 0 Å². The molecule has 1 saturated heterocycles. The average molecular weight is 479 g/mol. The molecule has 1 fully saturated rings. The predicted octanol–water partition coefficient (Wildman–Crippen LogP) is 4.94. The number of phenolic OH excluding ortho intramolecular Hbond substituents is 2. The van der Waals surface area contributed by atoms with Crippen molar-refractivity contribution in [1.29, 1.82) is 0 Å². The molecule has 5 rings (SSSR count). The first-order valence-electron chi connectivity index (χ1n) is 10.5. The van der Waals surface area contributed by atoms with Crippen LogP contribution in [-0.4, -0.2) is 39.5 Å². The fourth-order valence-corrected chi connectivity index (χ4v) is 6.30. The maximum atomic E-state index is 13.9. The Balaban J connectivity index is 1.49. The maximum absolute atomic E-state index is 13.9. The molecule has 0 bridgehead atoms. The molecule has 3 aromatic carbocycles. The molecule has 2 N–H and O–H groups in total. The Hall–Kier alpha value is -2.91. The van der Waals surface area contributed by atoms with Gasteiger partial charge in [-0.1, -0.05) is 84.2 Å². The lowest BCUT2D eigenvalue weighted by molar-refractivity contribution is -0.153. The standard InChI is InChI=1S/C25H22N2O4S2/c28-20-11-12-21(29)23-22(20)32-25(33-23)19-15-31-16-26(13-17-7-3-1-4-8-17)27(24(19)30)14-18-9-5-2-6-10-18/h1-12,28-29H,13-16H2. The number of fused-ring (bicyclic) bond motifs is 1. The van der Waals surface area contributed by atoms with Crippen LogP contribution in [0, 0.1) is 0 Å². The predicted molar refractivity (Wildman–Crippen MR) is 128 cm³/mol. The number of nitrogens with zero attached hydrogens (tertiary/aromatic N) is 2. The lowest BCUT2D eigenvalue weighted by Gasteiger charge is -2.33. The van der Waals surface area contributed by atoms with Gasteiger partial charge in [-0.25, -0.2) is 0 Å². The number of rotatable bonds is 4. The first-order valence-corrected chi connectivity index (χ1v) is 12.1. The van der Waals surface area contributed by atoms with Crippen LogP contribution in [0.3, 0.4) is 0 Å². The van der Waals surface area contributed by atoms with Gasteiger partial charge < -0.3 is 14.9 Å². The molecule has 0 aromatic heterocycles. The monoisotopic (exact) mass is 478 g/mol. The van der Waals surface area contributed by atoms with Gasteiger partial charge in [0.25, 0.3) is 5.91 Å². The third-order valence-corrected chi connectivity index (χ3v) is 8.14. The molecule has 0 spiro atoms. The average Bonchev–Trinajstić information content (AvgIpc) is 3.24. The number of carbonyl (C=O) groups excluding carboxylic acids is 1. The van der Waals surface area contributed by atoms with Crippen LogP contribution in [0.25, 0.3) is 0 Å². The number of ether oxygens (including phenoxy) is 1. The number of thioether (sulfide) groups is 2. The number of hydrogen-bond acceptors (Lipinski definition) is 7. The molecule has 2 aliphatic heterocycles. The Morgan fingerprint density at radius 2 is 1.33 bits per heavy atom. The van der Waals surface area contributed by atoms with Crippen LogP contribution < -0.4 is 0 Å². The second-order valence-corrected chi connectivity index (χ2v) is 10.0. The van der Waals surface area contributed by atoms with E-state index in [-0.39, 0.29) is 30.7 Å². The van der Waals surface area contributed by atoms with E-state index < -0.39 is 0 Å². The minimum atomic E-state index is -0.144. The fraction of sp³-hybridized carbons (Fsp3) is 0.160. The molecular weight excluding hydrogens is 456 g/mol. The summed E-state index contributed by atoms with van der Waals surface area (Å²) in [5.74, 6) is 0.0311. The highest BCUT2D eigenvalue weighted by molar-refractivity contribution is 8.24. The van der Waals surface area contributed by atoms with Gasteiger partial charge in [0.1, 0.15) is 18.2 Å². The van der Waals surface area contributed by atoms with Crippen molar-refractivity contribution in [3.8, 4) is 11.5 Å². The Morgan fingerprint density at radius 3 is 1.91 bits per heavy atom. The molecule has 33 heavy (non-hydrogen) atoms. The van der Waals surface area contributed by atoms with E-state index in [1.165, 1.54) is 35.7 Å². The van der Waals surface area contributed by atoms with Crippen LogP contribution in [0.5, 0.6) is 11.5 Å². The van der Waals surface area contributed by atoms with Crippen LogP contribution in [0.2, 0.25) is 0 Å². The lowest BCUT2D eigenvalue weighted by Crippen LogP contribution is -2.45. The van der Waals surface area contributed by atoms with Crippen molar-refractivity contribution >= 4 is 29.4 Å². The highest BCUT2D eigenvalue weighted by Gasteiger charge is 2.34. The molecule has 1 amide bonds. The van der Waals surface area contributed by atoms with Crippen molar-refractivity contribution in [2.75, 3.05) is 13.3 Å². The topological polar surface area (TPSA) is 73.2 Å². The summed E-state index contributed by atoms with van der Waals surface area (Å²) in [5, 5.41) is 24.1. The summed E-state index contributed by atoms with van der Waals surface area (Å²) in [5.41, 5.74) is 2.61. The number of carbonyl (C=O) groups is 1. The minimum Gasteiger partial charge on any atom is -0.507 e. The molecule has 3 aromatic rings. The molecule has 0 radical (unpaired) electrons. The van der Waals surface area contributed by atoms with Crippen molar-refractivity contribution in [2.24, 2.45) is 0 Å². The maximum Gasteiger partial charge on any atom is 0.268 e. The number of hydrazine groups is 1. The lowest BCUT2D eigenvalue weighted by atomic mass is 10.2. The van der Waals surface area contributed by atoms with Gasteiger partial charge in [0.2, 0.25) is 0 Å². The molecule has 8 heteroatoms. The molecule has 0 aliphatic carbocycles. The normalized spacial score (nSPS) is 16.7. The van der Waals surface area contributed by atoms with E-state index in [1.807, 2.05) is 65.7 Å². The van der Waals surface area contributed by atoms with E-state index in [0.717, 1.165) is 11.1 Å². The van der Waals surface area contributed by atoms with E-state index >= 15 is 0 Å².